The molecule has 0 aliphatic heterocycles. The Morgan fingerprint density at radius 3 is 2.09 bits per heavy atom. The Morgan fingerprint density at radius 1 is 0.814 bits per heavy atom. The molecule has 0 N–H and O–H groups in total. The van der Waals surface area contributed by atoms with Crippen molar-refractivity contribution >= 4 is 28.6 Å². The largest absolute Gasteiger partial charge is 0.462 e. The van der Waals surface area contributed by atoms with Gasteiger partial charge in [0.1, 0.15) is 11.9 Å². The lowest BCUT2D eigenvalue weighted by Crippen LogP contribution is -2.67. The third kappa shape index (κ3) is 4.93. The standard InChI is InChI=1S/C38H59ClO4/c1-23(2)25-13-18-38(32(39)42)20-19-36(9)26(31(25)38)11-12-28-35(8)16-15-29(34(6,7)27(35)14-17-37(28,36)10)43-30(41)22-33(4,5)21-24(3)40/h25-29,31H,1,11-22H2,2-10H3/t25-,26+,27?,28?,29-,31?,35-,36+,37+,38-/m0/s1. The highest BCUT2D eigenvalue weighted by Gasteiger charge is 2.72. The van der Waals surface area contributed by atoms with Crippen molar-refractivity contribution in [1.82, 2.24) is 0 Å². The Morgan fingerprint density at radius 2 is 1.49 bits per heavy atom. The van der Waals surface area contributed by atoms with Gasteiger partial charge in [0, 0.05) is 17.3 Å². The summed E-state index contributed by atoms with van der Waals surface area (Å²) in [6.45, 7) is 24.6. The zero-order valence-corrected chi connectivity index (χ0v) is 29.4. The Balaban J connectivity index is 1.40. The Bertz CT molecular complexity index is 1190. The predicted octanol–water partition coefficient (Wildman–Crippen LogP) is 9.72. The van der Waals surface area contributed by atoms with Gasteiger partial charge in [-0.3, -0.25) is 9.59 Å². The molecule has 5 aliphatic carbocycles. The summed E-state index contributed by atoms with van der Waals surface area (Å²) in [4.78, 5) is 38.1. The molecule has 0 aromatic rings. The number of esters is 1. The molecular weight excluding hydrogens is 556 g/mol. The first-order valence-corrected chi connectivity index (χ1v) is 17.7. The summed E-state index contributed by atoms with van der Waals surface area (Å²) in [7, 11) is 0. The second-order valence-corrected chi connectivity index (χ2v) is 18.5. The molecule has 0 bridgehead atoms. The first kappa shape index (κ1) is 33.2. The fourth-order valence-electron chi connectivity index (χ4n) is 13.0. The first-order chi connectivity index (χ1) is 19.7. The van der Waals surface area contributed by atoms with Gasteiger partial charge in [-0.25, -0.2) is 0 Å². The van der Waals surface area contributed by atoms with E-state index < -0.39 is 0 Å². The maximum absolute atomic E-state index is 13.2. The molecule has 5 heteroatoms. The van der Waals surface area contributed by atoms with Crippen molar-refractivity contribution in [1.29, 1.82) is 0 Å². The highest BCUT2D eigenvalue weighted by atomic mass is 35.5. The normalized spacial score (nSPS) is 45.2. The van der Waals surface area contributed by atoms with E-state index in [0.29, 0.717) is 36.0 Å². The van der Waals surface area contributed by atoms with Crippen LogP contribution in [0.15, 0.2) is 12.2 Å². The molecule has 4 nitrogen and oxygen atoms in total. The smallest absolute Gasteiger partial charge is 0.306 e. The van der Waals surface area contributed by atoms with Gasteiger partial charge in [0.05, 0.1) is 6.42 Å². The minimum Gasteiger partial charge on any atom is -0.462 e. The van der Waals surface area contributed by atoms with Crippen LogP contribution in [0.1, 0.15) is 139 Å². The number of carbonyl (C=O) groups is 3. The van der Waals surface area contributed by atoms with Gasteiger partial charge in [-0.15, -0.1) is 0 Å². The van der Waals surface area contributed by atoms with Crippen LogP contribution in [0.4, 0.5) is 0 Å². The molecule has 242 valence electrons. The number of halogens is 1. The minimum atomic E-state index is -0.384. The van der Waals surface area contributed by atoms with Crippen molar-refractivity contribution in [3.8, 4) is 0 Å². The second kappa shape index (κ2) is 10.7. The van der Waals surface area contributed by atoms with Gasteiger partial charge >= 0.3 is 5.97 Å². The Kier molecular flexibility index (Phi) is 8.26. The number of ketones is 1. The van der Waals surface area contributed by atoms with Crippen molar-refractivity contribution in [2.24, 2.45) is 62.1 Å². The third-order valence-electron chi connectivity index (χ3n) is 15.0. The quantitative estimate of drug-likeness (QED) is 0.163. The number of carbonyl (C=O) groups excluding carboxylic acids is 3. The maximum atomic E-state index is 13.2. The van der Waals surface area contributed by atoms with Crippen molar-refractivity contribution in [2.45, 2.75) is 145 Å². The van der Waals surface area contributed by atoms with Crippen LogP contribution >= 0.6 is 11.6 Å². The minimum absolute atomic E-state index is 0.0921. The summed E-state index contributed by atoms with van der Waals surface area (Å²) in [5, 5.41) is -0.0921. The lowest BCUT2D eigenvalue weighted by atomic mass is 9.32. The summed E-state index contributed by atoms with van der Waals surface area (Å²) in [5.41, 5.74) is 0.904. The topological polar surface area (TPSA) is 60.4 Å². The lowest BCUT2D eigenvalue weighted by Gasteiger charge is -2.72. The zero-order chi connectivity index (χ0) is 32.0. The van der Waals surface area contributed by atoms with Gasteiger partial charge in [0.15, 0.2) is 0 Å². The Hall–Kier alpha value is -1.16. The number of rotatable bonds is 7. The summed E-state index contributed by atoms with van der Waals surface area (Å²) in [6.07, 6.45) is 11.2. The third-order valence-corrected chi connectivity index (χ3v) is 15.4. The van der Waals surface area contributed by atoms with Gasteiger partial charge in [-0.1, -0.05) is 60.6 Å². The van der Waals surface area contributed by atoms with Gasteiger partial charge in [-0.05, 0) is 141 Å². The molecule has 0 amide bonds. The molecule has 0 heterocycles. The molecule has 0 spiro atoms. The Labute approximate surface area is 266 Å². The molecule has 0 aromatic heterocycles. The van der Waals surface area contributed by atoms with Crippen molar-refractivity contribution in [2.75, 3.05) is 0 Å². The van der Waals surface area contributed by atoms with E-state index >= 15 is 0 Å². The number of hydrogen-bond acceptors (Lipinski definition) is 4. The number of hydrogen-bond donors (Lipinski definition) is 0. The van der Waals surface area contributed by atoms with E-state index in [1.54, 1.807) is 6.92 Å². The van der Waals surface area contributed by atoms with Gasteiger partial charge in [-0.2, -0.15) is 0 Å². The van der Waals surface area contributed by atoms with Crippen molar-refractivity contribution in [3.63, 3.8) is 0 Å². The highest BCUT2D eigenvalue weighted by molar-refractivity contribution is 6.64. The van der Waals surface area contributed by atoms with Crippen LogP contribution in [0.2, 0.25) is 0 Å². The molecule has 0 aromatic carbocycles. The van der Waals surface area contributed by atoms with Gasteiger partial charge < -0.3 is 9.53 Å². The average molecular weight is 615 g/mol. The van der Waals surface area contributed by atoms with E-state index in [9.17, 15) is 14.4 Å². The summed E-state index contributed by atoms with van der Waals surface area (Å²) < 4.78 is 6.30. The number of allylic oxidation sites excluding steroid dienone is 1. The first-order valence-electron chi connectivity index (χ1n) is 17.3. The molecular formula is C38H59ClO4. The monoisotopic (exact) mass is 614 g/mol. The molecule has 5 aliphatic rings. The van der Waals surface area contributed by atoms with Crippen LogP contribution in [-0.4, -0.2) is 23.1 Å². The molecule has 5 saturated carbocycles. The van der Waals surface area contributed by atoms with Crippen LogP contribution < -0.4 is 0 Å². The summed E-state index contributed by atoms with van der Waals surface area (Å²) in [5.74, 6) is 2.25. The number of fused-ring (bicyclic) bond motifs is 7. The maximum Gasteiger partial charge on any atom is 0.306 e. The molecule has 43 heavy (non-hydrogen) atoms. The molecule has 3 unspecified atom stereocenters. The van der Waals surface area contributed by atoms with Crippen LogP contribution in [0.3, 0.4) is 0 Å². The highest BCUT2D eigenvalue weighted by Crippen LogP contribution is 2.77. The van der Waals surface area contributed by atoms with E-state index in [4.69, 9.17) is 16.3 Å². The predicted molar refractivity (Wildman–Crippen MR) is 173 cm³/mol. The van der Waals surface area contributed by atoms with Gasteiger partial charge in [0.25, 0.3) is 0 Å². The second-order valence-electron chi connectivity index (χ2n) is 18.2. The molecule has 0 radical (unpaired) electrons. The fourth-order valence-corrected chi connectivity index (χ4v) is 13.3. The fraction of sp³-hybridized carbons (Fsp3) is 0.868. The lowest BCUT2D eigenvalue weighted by molar-refractivity contribution is -0.248. The van der Waals surface area contributed by atoms with Crippen LogP contribution in [0.5, 0.6) is 0 Å². The molecule has 10 atom stereocenters. The summed E-state index contributed by atoms with van der Waals surface area (Å²) >= 11 is 6.50. The molecule has 5 rings (SSSR count). The number of Topliss-reactive ketones (excluding diaryl/α,β-unsaturated/α-hetero) is 1. The van der Waals surface area contributed by atoms with E-state index in [-0.39, 0.29) is 62.0 Å². The van der Waals surface area contributed by atoms with Gasteiger partial charge in [0.2, 0.25) is 5.24 Å². The van der Waals surface area contributed by atoms with E-state index in [2.05, 4.69) is 48.1 Å². The van der Waals surface area contributed by atoms with Crippen molar-refractivity contribution < 1.29 is 19.1 Å². The van der Waals surface area contributed by atoms with E-state index in [1.165, 1.54) is 24.8 Å². The number of ether oxygens (including phenoxy) is 1. The average Bonchev–Trinajstić information content (AvgIpc) is 3.26. The summed E-state index contributed by atoms with van der Waals surface area (Å²) in [6, 6.07) is 0. The van der Waals surface area contributed by atoms with Crippen molar-refractivity contribution in [3.05, 3.63) is 12.2 Å². The van der Waals surface area contributed by atoms with Crippen LogP contribution in [0.25, 0.3) is 0 Å². The molecule has 5 fully saturated rings. The van der Waals surface area contributed by atoms with E-state index in [0.717, 1.165) is 44.9 Å². The zero-order valence-electron chi connectivity index (χ0n) is 28.7. The SMILES string of the molecule is C=C(C)[C@@H]1CC[C@]2(C(=O)Cl)CC[C@]3(C)[C@H](CCC4[C@@]5(C)CC[C@H](OC(=O)CC(C)(C)CC(C)=O)C(C)(C)C5CC[C@]43C)C12. The van der Waals surface area contributed by atoms with Crippen LogP contribution in [-0.2, 0) is 19.1 Å². The van der Waals surface area contributed by atoms with E-state index in [1.807, 2.05) is 13.8 Å². The molecule has 0 saturated heterocycles. The van der Waals surface area contributed by atoms with Crippen LogP contribution in [0, 0.1) is 62.1 Å².